The molecular formula is C30H29F5N8O7S2. The van der Waals surface area contributed by atoms with Crippen LogP contribution < -0.4 is 30.7 Å². The number of rotatable bonds is 10. The van der Waals surface area contributed by atoms with Crippen molar-refractivity contribution in [3.8, 4) is 0 Å². The Hall–Kier alpha value is -5.74. The molecule has 2 aromatic heterocycles. The first-order valence-corrected chi connectivity index (χ1v) is 17.9. The van der Waals surface area contributed by atoms with Crippen LogP contribution in [0, 0.1) is 11.6 Å². The van der Waals surface area contributed by atoms with Gasteiger partial charge in [-0.3, -0.25) is 49.2 Å². The summed E-state index contributed by atoms with van der Waals surface area (Å²) in [5.41, 5.74) is 4.65. The van der Waals surface area contributed by atoms with E-state index in [1.165, 1.54) is 60.5 Å². The van der Waals surface area contributed by atoms with Crippen molar-refractivity contribution in [2.75, 3.05) is 21.1 Å². The number of nitrogens with two attached hydrogens (primary N) is 1. The second kappa shape index (κ2) is 17.0. The van der Waals surface area contributed by atoms with E-state index in [-0.39, 0.29) is 29.9 Å². The summed E-state index contributed by atoms with van der Waals surface area (Å²) in [6.45, 7) is -0.375. The van der Waals surface area contributed by atoms with Gasteiger partial charge < -0.3 is 0 Å². The molecule has 22 heteroatoms. The van der Waals surface area contributed by atoms with Gasteiger partial charge in [-0.15, -0.1) is 0 Å². The third-order valence-corrected chi connectivity index (χ3v) is 8.84. The number of carbonyl (C=O) groups excluding carboxylic acids is 3. The lowest BCUT2D eigenvalue weighted by atomic mass is 10.1. The van der Waals surface area contributed by atoms with Crippen molar-refractivity contribution in [2.24, 2.45) is 5.84 Å². The number of carbonyl (C=O) groups is 3. The van der Waals surface area contributed by atoms with E-state index in [2.05, 4.69) is 9.97 Å². The molecule has 0 fully saturated rings. The van der Waals surface area contributed by atoms with Crippen LogP contribution >= 0.6 is 0 Å². The number of alkyl halides is 3. The summed E-state index contributed by atoms with van der Waals surface area (Å²) in [7, 11) is -7.34. The molecule has 2 aromatic carbocycles. The quantitative estimate of drug-likeness (QED) is 0.0799. The average Bonchev–Trinajstić information content (AvgIpc) is 3.07. The highest BCUT2D eigenvalue weighted by molar-refractivity contribution is 7.92. The SMILES string of the molecule is CS(=O)(=O)N(Cc1ccc(C(=O)NN)c(F)c1)c1cccnc1.CS(=O)(=O)N(Cc1ccc(C(=O)NNC(=O)C(F)(F)F)c(F)c1)c1cccnc1. The summed E-state index contributed by atoms with van der Waals surface area (Å²) in [5, 5.41) is 0. The van der Waals surface area contributed by atoms with Crippen molar-refractivity contribution in [1.29, 1.82) is 0 Å². The highest BCUT2D eigenvalue weighted by Gasteiger charge is 2.39. The molecule has 4 aromatic rings. The van der Waals surface area contributed by atoms with Gasteiger partial charge in [0.05, 0.1) is 60.5 Å². The summed E-state index contributed by atoms with van der Waals surface area (Å²) in [4.78, 5) is 41.5. The minimum atomic E-state index is -5.23. The molecular weight excluding hydrogens is 744 g/mol. The number of halogens is 5. The summed E-state index contributed by atoms with van der Waals surface area (Å²) in [6.07, 6.45) is 2.42. The molecule has 5 N–H and O–H groups in total. The topological polar surface area (TPSA) is 214 Å². The number of anilines is 2. The predicted molar refractivity (Wildman–Crippen MR) is 177 cm³/mol. The first-order chi connectivity index (χ1) is 24.2. The van der Waals surface area contributed by atoms with Crippen LogP contribution in [0.25, 0.3) is 0 Å². The Labute approximate surface area is 293 Å². The normalized spacial score (nSPS) is 11.4. The maximum atomic E-state index is 14.2. The van der Waals surface area contributed by atoms with Crippen LogP contribution in [0.15, 0.2) is 85.5 Å². The number of aromatic nitrogens is 2. The molecule has 2 heterocycles. The lowest BCUT2D eigenvalue weighted by Crippen LogP contribution is -2.47. The summed E-state index contributed by atoms with van der Waals surface area (Å²) >= 11 is 0. The lowest BCUT2D eigenvalue weighted by Gasteiger charge is -2.22. The Bertz CT molecular complexity index is 2130. The van der Waals surface area contributed by atoms with Gasteiger partial charge in [0.25, 0.3) is 11.8 Å². The molecule has 0 saturated heterocycles. The van der Waals surface area contributed by atoms with E-state index in [1.807, 2.05) is 5.43 Å². The third kappa shape index (κ3) is 11.4. The zero-order valence-electron chi connectivity index (χ0n) is 26.9. The summed E-state index contributed by atoms with van der Waals surface area (Å²) < 4.78 is 115. The lowest BCUT2D eigenvalue weighted by molar-refractivity contribution is -0.174. The minimum Gasteiger partial charge on any atom is -0.290 e. The molecule has 0 bridgehead atoms. The number of benzene rings is 2. The van der Waals surface area contributed by atoms with Crippen LogP contribution in [0.2, 0.25) is 0 Å². The van der Waals surface area contributed by atoms with Crippen molar-refractivity contribution in [1.82, 2.24) is 26.2 Å². The van der Waals surface area contributed by atoms with Crippen molar-refractivity contribution < 1.29 is 53.2 Å². The maximum Gasteiger partial charge on any atom is 0.472 e. The molecule has 52 heavy (non-hydrogen) atoms. The number of hydrogen-bond donors (Lipinski definition) is 4. The highest BCUT2D eigenvalue weighted by atomic mass is 32.2. The predicted octanol–water partition coefficient (Wildman–Crippen LogP) is 2.30. The smallest absolute Gasteiger partial charge is 0.290 e. The molecule has 0 unspecified atom stereocenters. The van der Waals surface area contributed by atoms with Crippen LogP contribution in [0.1, 0.15) is 31.8 Å². The van der Waals surface area contributed by atoms with Gasteiger partial charge in [-0.05, 0) is 59.7 Å². The Balaban J connectivity index is 0.000000288. The largest absolute Gasteiger partial charge is 0.472 e. The average molecular weight is 773 g/mol. The number of hydrogen-bond acceptors (Lipinski definition) is 10. The molecule has 3 amide bonds. The van der Waals surface area contributed by atoms with Gasteiger partial charge in [0.15, 0.2) is 0 Å². The fraction of sp³-hybridized carbons (Fsp3) is 0.167. The molecule has 0 aliphatic heterocycles. The Morgan fingerprint density at radius 1 is 0.712 bits per heavy atom. The number of nitrogens with zero attached hydrogens (tertiary/aromatic N) is 4. The molecule has 0 aliphatic rings. The van der Waals surface area contributed by atoms with E-state index >= 15 is 0 Å². The monoisotopic (exact) mass is 772 g/mol. The fourth-order valence-corrected chi connectivity index (χ4v) is 5.89. The Morgan fingerprint density at radius 3 is 1.46 bits per heavy atom. The molecule has 4 rings (SSSR count). The molecule has 0 aliphatic carbocycles. The molecule has 0 atom stereocenters. The fourth-order valence-electron chi connectivity index (χ4n) is 4.15. The second-order valence-electron chi connectivity index (χ2n) is 10.5. The molecule has 278 valence electrons. The Morgan fingerprint density at radius 2 is 1.13 bits per heavy atom. The van der Waals surface area contributed by atoms with Crippen molar-refractivity contribution in [3.05, 3.63) is 119 Å². The third-order valence-electron chi connectivity index (χ3n) is 6.56. The van der Waals surface area contributed by atoms with Gasteiger partial charge in [0.1, 0.15) is 11.6 Å². The van der Waals surface area contributed by atoms with Crippen LogP contribution in [-0.2, 0) is 37.9 Å². The number of hydrazine groups is 2. The highest BCUT2D eigenvalue weighted by Crippen LogP contribution is 2.22. The van der Waals surface area contributed by atoms with E-state index in [0.29, 0.717) is 11.3 Å². The van der Waals surface area contributed by atoms with Crippen LogP contribution in [0.4, 0.5) is 33.3 Å². The first-order valence-electron chi connectivity index (χ1n) is 14.2. The first kappa shape index (κ1) is 40.7. The van der Waals surface area contributed by atoms with Gasteiger partial charge in [-0.2, -0.15) is 13.2 Å². The van der Waals surface area contributed by atoms with E-state index in [1.54, 1.807) is 12.1 Å². The van der Waals surface area contributed by atoms with Crippen molar-refractivity contribution in [2.45, 2.75) is 19.3 Å². The van der Waals surface area contributed by atoms with Crippen molar-refractivity contribution >= 4 is 49.1 Å². The Kier molecular flexibility index (Phi) is 13.3. The number of amides is 3. The number of sulfonamides is 2. The van der Waals surface area contributed by atoms with Gasteiger partial charge in [0.2, 0.25) is 20.0 Å². The molecule has 15 nitrogen and oxygen atoms in total. The van der Waals surface area contributed by atoms with Gasteiger partial charge in [0, 0.05) is 12.4 Å². The zero-order valence-corrected chi connectivity index (χ0v) is 28.6. The number of pyridine rings is 2. The van der Waals surface area contributed by atoms with E-state index in [9.17, 15) is 53.2 Å². The van der Waals surface area contributed by atoms with Crippen LogP contribution in [0.5, 0.6) is 0 Å². The second-order valence-corrected chi connectivity index (χ2v) is 14.3. The zero-order chi connectivity index (χ0) is 38.9. The number of nitrogen functional groups attached to an aromatic ring is 1. The van der Waals surface area contributed by atoms with E-state index in [0.717, 1.165) is 44.7 Å². The van der Waals surface area contributed by atoms with Gasteiger partial charge in [-0.1, -0.05) is 12.1 Å². The standard InChI is InChI=1S/C16H14F4N4O4S.C14H15FN4O3S/c1-29(27,28)24(11-3-2-6-21-8-11)9-10-4-5-12(13(17)7-10)14(25)22-23-15(26)16(18,19)20;1-23(21,22)19(11-3-2-6-17-8-11)9-10-4-5-12(13(15)7-10)14(20)18-16/h2-8H,9H2,1H3,(H,22,25)(H,23,26);2-8H,9,16H2,1H3,(H,18,20). The maximum absolute atomic E-state index is 14.2. The van der Waals surface area contributed by atoms with Crippen LogP contribution in [0.3, 0.4) is 0 Å². The molecule has 0 radical (unpaired) electrons. The minimum absolute atomic E-state index is 0.0913. The van der Waals surface area contributed by atoms with Crippen LogP contribution in [-0.4, -0.2) is 63.2 Å². The van der Waals surface area contributed by atoms with E-state index < -0.39 is 61.1 Å². The summed E-state index contributed by atoms with van der Waals surface area (Å²) in [5.74, 6) is -1.46. The van der Waals surface area contributed by atoms with Gasteiger partial charge >= 0.3 is 12.1 Å². The summed E-state index contributed by atoms with van der Waals surface area (Å²) in [6, 6.07) is 13.0. The number of nitrogens with one attached hydrogen (secondary N) is 3. The van der Waals surface area contributed by atoms with Gasteiger partial charge in [-0.25, -0.2) is 31.5 Å². The van der Waals surface area contributed by atoms with E-state index in [4.69, 9.17) is 5.84 Å². The molecule has 0 saturated carbocycles. The molecule has 0 spiro atoms. The van der Waals surface area contributed by atoms with Crippen molar-refractivity contribution in [3.63, 3.8) is 0 Å².